The number of amides is 1. The van der Waals surface area contributed by atoms with Crippen LogP contribution in [0.25, 0.3) is 0 Å². The van der Waals surface area contributed by atoms with Crippen molar-refractivity contribution < 1.29 is 14.7 Å². The minimum atomic E-state index is -1.60. The number of hydrogen-bond acceptors (Lipinski definition) is 5. The standard InChI is InChI=1S/C14H25N3O3/c1-10(2)7-16-6-4-5-13(16)8-17(12(13)20)14(15,9-18)11(3)19/h9-11,19H,4-8,15H2,1-3H3/t11-,13+,14-/m1/s1. The second-order valence-electron chi connectivity index (χ2n) is 6.55. The van der Waals surface area contributed by atoms with Gasteiger partial charge in [-0.05, 0) is 32.2 Å². The highest BCUT2D eigenvalue weighted by Gasteiger charge is 2.62. The molecule has 0 aromatic heterocycles. The fraction of sp³-hybridized carbons (Fsp3) is 0.857. The second kappa shape index (κ2) is 5.09. The topological polar surface area (TPSA) is 86.9 Å². The van der Waals surface area contributed by atoms with Gasteiger partial charge in [-0.3, -0.25) is 14.5 Å². The summed E-state index contributed by atoms with van der Waals surface area (Å²) < 4.78 is 0. The zero-order chi connectivity index (χ0) is 15.1. The van der Waals surface area contributed by atoms with Crippen LogP contribution in [0.5, 0.6) is 0 Å². The van der Waals surface area contributed by atoms with Crippen LogP contribution in [0.4, 0.5) is 0 Å². The molecule has 2 heterocycles. The van der Waals surface area contributed by atoms with Crippen molar-refractivity contribution in [1.29, 1.82) is 0 Å². The van der Waals surface area contributed by atoms with Crippen LogP contribution in [0, 0.1) is 5.92 Å². The molecule has 0 aromatic carbocycles. The molecule has 2 rings (SSSR count). The maximum absolute atomic E-state index is 12.6. The highest BCUT2D eigenvalue weighted by atomic mass is 16.3. The first kappa shape index (κ1) is 15.4. The maximum Gasteiger partial charge on any atom is 0.246 e. The summed E-state index contributed by atoms with van der Waals surface area (Å²) in [6.45, 7) is 7.90. The predicted octanol–water partition coefficient (Wildman–Crippen LogP) is -0.446. The Morgan fingerprint density at radius 2 is 2.15 bits per heavy atom. The molecule has 2 aliphatic heterocycles. The van der Waals surface area contributed by atoms with E-state index in [0.717, 1.165) is 25.9 Å². The van der Waals surface area contributed by atoms with Gasteiger partial charge in [-0.1, -0.05) is 13.8 Å². The van der Waals surface area contributed by atoms with E-state index in [-0.39, 0.29) is 5.91 Å². The van der Waals surface area contributed by atoms with E-state index in [1.807, 2.05) is 0 Å². The van der Waals surface area contributed by atoms with Crippen LogP contribution in [0.3, 0.4) is 0 Å². The normalized spacial score (nSPS) is 31.5. The minimum Gasteiger partial charge on any atom is -0.389 e. The summed E-state index contributed by atoms with van der Waals surface area (Å²) >= 11 is 0. The smallest absolute Gasteiger partial charge is 0.246 e. The van der Waals surface area contributed by atoms with Crippen molar-refractivity contribution in [3.8, 4) is 0 Å². The third kappa shape index (κ3) is 2.06. The summed E-state index contributed by atoms with van der Waals surface area (Å²) in [5.74, 6) is 0.364. The maximum atomic E-state index is 12.6. The average Bonchev–Trinajstić information content (AvgIpc) is 2.79. The molecule has 0 aliphatic carbocycles. The Kier molecular flexibility index (Phi) is 3.92. The zero-order valence-corrected chi connectivity index (χ0v) is 12.5. The van der Waals surface area contributed by atoms with Crippen molar-refractivity contribution in [1.82, 2.24) is 9.80 Å². The zero-order valence-electron chi connectivity index (χ0n) is 12.5. The molecule has 1 spiro atoms. The fourth-order valence-corrected chi connectivity index (χ4v) is 3.32. The molecular weight excluding hydrogens is 258 g/mol. The lowest BCUT2D eigenvalue weighted by molar-refractivity contribution is -0.181. The van der Waals surface area contributed by atoms with Gasteiger partial charge in [0.2, 0.25) is 5.91 Å². The highest BCUT2D eigenvalue weighted by Crippen LogP contribution is 2.41. The van der Waals surface area contributed by atoms with E-state index in [4.69, 9.17) is 5.73 Å². The number of likely N-dealkylation sites (tertiary alicyclic amines) is 2. The van der Waals surface area contributed by atoms with E-state index in [1.165, 1.54) is 11.8 Å². The van der Waals surface area contributed by atoms with Crippen LogP contribution in [0.15, 0.2) is 0 Å². The first-order valence-corrected chi connectivity index (χ1v) is 7.28. The van der Waals surface area contributed by atoms with Crippen LogP contribution in [-0.2, 0) is 9.59 Å². The summed E-state index contributed by atoms with van der Waals surface area (Å²) in [6, 6.07) is 0. The van der Waals surface area contributed by atoms with Crippen molar-refractivity contribution in [2.24, 2.45) is 11.7 Å². The summed E-state index contributed by atoms with van der Waals surface area (Å²) in [6.07, 6.45) is 1.19. The van der Waals surface area contributed by atoms with Crippen molar-refractivity contribution in [3.05, 3.63) is 0 Å². The molecule has 1 amide bonds. The van der Waals surface area contributed by atoms with E-state index >= 15 is 0 Å². The third-order valence-electron chi connectivity index (χ3n) is 4.60. The lowest BCUT2D eigenvalue weighted by atomic mass is 9.81. The Balaban J connectivity index is 2.16. The van der Waals surface area contributed by atoms with E-state index < -0.39 is 17.3 Å². The van der Waals surface area contributed by atoms with Gasteiger partial charge in [0.25, 0.3) is 0 Å². The van der Waals surface area contributed by atoms with Gasteiger partial charge in [0.1, 0.15) is 5.54 Å². The van der Waals surface area contributed by atoms with Gasteiger partial charge in [0, 0.05) is 6.54 Å². The van der Waals surface area contributed by atoms with E-state index in [1.54, 1.807) is 0 Å². The van der Waals surface area contributed by atoms with Gasteiger partial charge in [0.05, 0.1) is 12.6 Å². The fourth-order valence-electron chi connectivity index (χ4n) is 3.32. The van der Waals surface area contributed by atoms with Crippen LogP contribution in [0.1, 0.15) is 33.6 Å². The molecule has 0 radical (unpaired) electrons. The Bertz CT molecular complexity index is 412. The molecule has 114 valence electrons. The number of nitrogens with zero attached hydrogens (tertiary/aromatic N) is 2. The SMILES string of the molecule is CC(C)CN1CCC[C@@]12CN([C@](N)(C=O)[C@@H](C)O)C2=O. The molecule has 0 unspecified atom stereocenters. The van der Waals surface area contributed by atoms with Gasteiger partial charge in [-0.2, -0.15) is 0 Å². The number of carbonyl (C=O) groups excluding carboxylic acids is 2. The number of β-lactam (4-membered cyclic amide) rings is 1. The minimum absolute atomic E-state index is 0.119. The lowest BCUT2D eigenvalue weighted by Gasteiger charge is -2.56. The number of nitrogens with two attached hydrogens (primary N) is 1. The second-order valence-corrected chi connectivity index (χ2v) is 6.55. The van der Waals surface area contributed by atoms with Crippen molar-refractivity contribution >= 4 is 12.2 Å². The molecule has 0 aromatic rings. The quantitative estimate of drug-likeness (QED) is 0.527. The number of hydrogen-bond donors (Lipinski definition) is 2. The Labute approximate surface area is 119 Å². The Morgan fingerprint density at radius 3 is 2.60 bits per heavy atom. The van der Waals surface area contributed by atoms with E-state index in [0.29, 0.717) is 18.7 Å². The summed E-state index contributed by atoms with van der Waals surface area (Å²) in [7, 11) is 0. The number of aldehydes is 1. The van der Waals surface area contributed by atoms with Crippen LogP contribution >= 0.6 is 0 Å². The molecule has 3 atom stereocenters. The number of rotatable bonds is 5. The van der Waals surface area contributed by atoms with Crippen molar-refractivity contribution in [3.63, 3.8) is 0 Å². The number of carbonyl (C=O) groups is 2. The third-order valence-corrected chi connectivity index (χ3v) is 4.60. The van der Waals surface area contributed by atoms with Gasteiger partial charge in [-0.15, -0.1) is 0 Å². The molecule has 20 heavy (non-hydrogen) atoms. The van der Waals surface area contributed by atoms with Gasteiger partial charge < -0.3 is 15.7 Å². The monoisotopic (exact) mass is 283 g/mol. The Morgan fingerprint density at radius 1 is 1.50 bits per heavy atom. The number of aliphatic hydroxyl groups is 1. The summed E-state index contributed by atoms with van der Waals surface area (Å²) in [5.41, 5.74) is 3.81. The molecular formula is C14H25N3O3. The predicted molar refractivity (Wildman–Crippen MR) is 74.8 cm³/mol. The number of aliphatic hydroxyl groups excluding tert-OH is 1. The van der Waals surface area contributed by atoms with Crippen LogP contribution in [0.2, 0.25) is 0 Å². The summed E-state index contributed by atoms with van der Waals surface area (Å²) in [4.78, 5) is 27.4. The Hall–Kier alpha value is -0.980. The highest BCUT2D eigenvalue weighted by molar-refractivity contribution is 5.96. The molecule has 2 aliphatic rings. The van der Waals surface area contributed by atoms with E-state index in [9.17, 15) is 14.7 Å². The van der Waals surface area contributed by atoms with Crippen LogP contribution < -0.4 is 5.73 Å². The summed E-state index contributed by atoms with van der Waals surface area (Å²) in [5, 5.41) is 9.70. The van der Waals surface area contributed by atoms with Crippen molar-refractivity contribution in [2.75, 3.05) is 19.6 Å². The molecule has 3 N–H and O–H groups in total. The van der Waals surface area contributed by atoms with E-state index in [2.05, 4.69) is 18.7 Å². The molecule has 0 bridgehead atoms. The van der Waals surface area contributed by atoms with Gasteiger partial charge in [-0.25, -0.2) is 0 Å². The average molecular weight is 283 g/mol. The van der Waals surface area contributed by atoms with Gasteiger partial charge in [0.15, 0.2) is 11.9 Å². The lowest BCUT2D eigenvalue weighted by Crippen LogP contribution is -2.81. The van der Waals surface area contributed by atoms with Crippen LogP contribution in [-0.4, -0.2) is 64.0 Å². The molecule has 2 saturated heterocycles. The van der Waals surface area contributed by atoms with Crippen molar-refractivity contribution in [2.45, 2.75) is 50.9 Å². The van der Waals surface area contributed by atoms with Gasteiger partial charge >= 0.3 is 0 Å². The molecule has 6 heteroatoms. The molecule has 0 saturated carbocycles. The molecule has 6 nitrogen and oxygen atoms in total. The first-order chi connectivity index (χ1) is 9.28. The molecule has 2 fully saturated rings. The first-order valence-electron chi connectivity index (χ1n) is 7.28. The largest absolute Gasteiger partial charge is 0.389 e.